The summed E-state index contributed by atoms with van der Waals surface area (Å²) in [5, 5.41) is 8.26. The summed E-state index contributed by atoms with van der Waals surface area (Å²) in [5.74, 6) is 0. The molecule has 0 fully saturated rings. The summed E-state index contributed by atoms with van der Waals surface area (Å²) in [7, 11) is 0. The van der Waals surface area contributed by atoms with Crippen molar-refractivity contribution in [2.45, 2.75) is 19.0 Å². The fourth-order valence-corrected chi connectivity index (χ4v) is 2.19. The van der Waals surface area contributed by atoms with E-state index in [-0.39, 0.29) is 12.1 Å². The molecule has 2 aromatic heterocycles. The molecule has 2 aromatic rings. The van der Waals surface area contributed by atoms with Gasteiger partial charge in [0.05, 0.1) is 6.04 Å². The Hall–Kier alpha value is -1.20. The van der Waals surface area contributed by atoms with Crippen LogP contribution in [0.1, 0.15) is 18.5 Å². The Morgan fingerprint density at radius 2 is 2.43 bits per heavy atom. The van der Waals surface area contributed by atoms with Gasteiger partial charge >= 0.3 is 0 Å². The highest BCUT2D eigenvalue weighted by molar-refractivity contribution is 7.07. The van der Waals surface area contributed by atoms with E-state index in [1.54, 1.807) is 22.3 Å². The van der Waals surface area contributed by atoms with Gasteiger partial charge in [-0.25, -0.2) is 9.67 Å². The highest BCUT2D eigenvalue weighted by Gasteiger charge is 2.18. The van der Waals surface area contributed by atoms with Crippen LogP contribution in [0.2, 0.25) is 0 Å². The maximum Gasteiger partial charge on any atom is 0.137 e. The minimum Gasteiger partial charge on any atom is -0.326 e. The highest BCUT2D eigenvalue weighted by Crippen LogP contribution is 2.21. The first kappa shape index (κ1) is 9.36. The van der Waals surface area contributed by atoms with E-state index >= 15 is 0 Å². The van der Waals surface area contributed by atoms with Gasteiger partial charge in [0.2, 0.25) is 0 Å². The molecule has 0 spiro atoms. The number of nitrogens with zero attached hydrogens (tertiary/aromatic N) is 3. The van der Waals surface area contributed by atoms with Gasteiger partial charge in [-0.15, -0.1) is 0 Å². The van der Waals surface area contributed by atoms with Crippen LogP contribution in [0.3, 0.4) is 0 Å². The quantitative estimate of drug-likeness (QED) is 0.826. The Morgan fingerprint density at radius 3 is 2.93 bits per heavy atom. The molecule has 0 aliphatic heterocycles. The smallest absolute Gasteiger partial charge is 0.137 e. The zero-order chi connectivity index (χ0) is 9.97. The summed E-state index contributed by atoms with van der Waals surface area (Å²) < 4.78 is 1.80. The lowest BCUT2D eigenvalue weighted by Crippen LogP contribution is -2.30. The van der Waals surface area contributed by atoms with Crippen molar-refractivity contribution in [1.29, 1.82) is 0 Å². The van der Waals surface area contributed by atoms with Gasteiger partial charge in [-0.3, -0.25) is 0 Å². The minimum absolute atomic E-state index is 0.0197. The van der Waals surface area contributed by atoms with E-state index in [1.807, 2.05) is 12.3 Å². The molecule has 4 nitrogen and oxygen atoms in total. The SMILES string of the molecule is CC(N)C(c1ccsc1)n1cncn1. The summed E-state index contributed by atoms with van der Waals surface area (Å²) in [4.78, 5) is 3.94. The van der Waals surface area contributed by atoms with Crippen LogP contribution in [-0.2, 0) is 0 Å². The zero-order valence-electron chi connectivity index (χ0n) is 7.87. The molecular weight excluding hydrogens is 196 g/mol. The van der Waals surface area contributed by atoms with Gasteiger partial charge in [-0.2, -0.15) is 16.4 Å². The Labute approximate surface area is 86.4 Å². The Kier molecular flexibility index (Phi) is 2.60. The monoisotopic (exact) mass is 208 g/mol. The fraction of sp³-hybridized carbons (Fsp3) is 0.333. The van der Waals surface area contributed by atoms with Crippen molar-refractivity contribution in [2.75, 3.05) is 0 Å². The first-order valence-electron chi connectivity index (χ1n) is 4.41. The molecule has 0 saturated carbocycles. The van der Waals surface area contributed by atoms with Gasteiger partial charge in [0.15, 0.2) is 0 Å². The van der Waals surface area contributed by atoms with E-state index in [4.69, 9.17) is 5.73 Å². The molecule has 0 aliphatic carbocycles. The largest absolute Gasteiger partial charge is 0.326 e. The molecule has 0 amide bonds. The lowest BCUT2D eigenvalue weighted by atomic mass is 10.1. The summed E-state index contributed by atoms with van der Waals surface area (Å²) in [6.45, 7) is 1.98. The standard InChI is InChI=1S/C9H12N4S/c1-7(10)9(8-2-3-14-4-8)13-6-11-5-12-13/h2-7,9H,10H2,1H3. The molecule has 0 aromatic carbocycles. The van der Waals surface area contributed by atoms with Crippen LogP contribution < -0.4 is 5.73 Å². The van der Waals surface area contributed by atoms with E-state index in [0.717, 1.165) is 0 Å². The number of hydrogen-bond donors (Lipinski definition) is 1. The molecule has 2 heterocycles. The van der Waals surface area contributed by atoms with E-state index in [0.29, 0.717) is 0 Å². The molecule has 5 heteroatoms. The predicted molar refractivity (Wildman–Crippen MR) is 56.1 cm³/mol. The molecule has 14 heavy (non-hydrogen) atoms. The van der Waals surface area contributed by atoms with Crippen molar-refractivity contribution in [3.8, 4) is 0 Å². The zero-order valence-corrected chi connectivity index (χ0v) is 8.69. The average molecular weight is 208 g/mol. The van der Waals surface area contributed by atoms with Gasteiger partial charge in [-0.05, 0) is 29.3 Å². The predicted octanol–water partition coefficient (Wildman–Crippen LogP) is 1.28. The molecule has 0 radical (unpaired) electrons. The van der Waals surface area contributed by atoms with Gasteiger partial charge in [0.25, 0.3) is 0 Å². The molecule has 0 saturated heterocycles. The number of thiophene rings is 1. The van der Waals surface area contributed by atoms with Crippen molar-refractivity contribution in [2.24, 2.45) is 5.73 Å². The first-order chi connectivity index (χ1) is 6.79. The van der Waals surface area contributed by atoms with Crippen LogP contribution >= 0.6 is 11.3 Å². The third-order valence-corrected chi connectivity index (χ3v) is 2.81. The Bertz CT molecular complexity index is 331. The molecule has 0 bridgehead atoms. The molecule has 2 unspecified atom stereocenters. The van der Waals surface area contributed by atoms with Crippen LogP contribution in [0, 0.1) is 0 Å². The summed E-state index contributed by atoms with van der Waals surface area (Å²) in [6, 6.07) is 2.18. The number of aromatic nitrogens is 3. The van der Waals surface area contributed by atoms with Crippen LogP contribution in [0.15, 0.2) is 29.5 Å². The van der Waals surface area contributed by atoms with Crippen molar-refractivity contribution in [3.63, 3.8) is 0 Å². The van der Waals surface area contributed by atoms with Crippen molar-refractivity contribution in [3.05, 3.63) is 35.0 Å². The third kappa shape index (κ3) is 1.69. The Morgan fingerprint density at radius 1 is 1.57 bits per heavy atom. The van der Waals surface area contributed by atoms with Crippen molar-refractivity contribution >= 4 is 11.3 Å². The molecule has 2 atom stereocenters. The lowest BCUT2D eigenvalue weighted by Gasteiger charge is -2.19. The highest BCUT2D eigenvalue weighted by atomic mass is 32.1. The molecule has 74 valence electrons. The molecule has 2 rings (SSSR count). The van der Waals surface area contributed by atoms with Crippen molar-refractivity contribution < 1.29 is 0 Å². The lowest BCUT2D eigenvalue weighted by molar-refractivity contribution is 0.454. The van der Waals surface area contributed by atoms with Gasteiger partial charge in [0.1, 0.15) is 12.7 Å². The average Bonchev–Trinajstić information content (AvgIpc) is 2.75. The second kappa shape index (κ2) is 3.89. The van der Waals surface area contributed by atoms with E-state index < -0.39 is 0 Å². The van der Waals surface area contributed by atoms with Gasteiger partial charge in [-0.1, -0.05) is 0 Å². The van der Waals surface area contributed by atoms with Gasteiger partial charge in [0, 0.05) is 6.04 Å². The van der Waals surface area contributed by atoms with Crippen LogP contribution in [0.25, 0.3) is 0 Å². The molecular formula is C9H12N4S. The number of rotatable bonds is 3. The Balaban J connectivity index is 2.35. The fourth-order valence-electron chi connectivity index (χ4n) is 1.50. The van der Waals surface area contributed by atoms with Crippen LogP contribution in [0.4, 0.5) is 0 Å². The van der Waals surface area contributed by atoms with Gasteiger partial charge < -0.3 is 5.73 Å². The normalized spacial score (nSPS) is 15.3. The topological polar surface area (TPSA) is 56.7 Å². The second-order valence-electron chi connectivity index (χ2n) is 3.24. The van der Waals surface area contributed by atoms with E-state index in [1.165, 1.54) is 11.9 Å². The number of nitrogens with two attached hydrogens (primary N) is 1. The second-order valence-corrected chi connectivity index (χ2v) is 4.02. The summed E-state index contributed by atoms with van der Waals surface area (Å²) in [6.07, 6.45) is 3.23. The summed E-state index contributed by atoms with van der Waals surface area (Å²) >= 11 is 1.67. The van der Waals surface area contributed by atoms with E-state index in [2.05, 4.69) is 21.5 Å². The minimum atomic E-state index is 0.0197. The first-order valence-corrected chi connectivity index (χ1v) is 5.35. The maximum absolute atomic E-state index is 5.94. The van der Waals surface area contributed by atoms with Crippen LogP contribution in [-0.4, -0.2) is 20.8 Å². The van der Waals surface area contributed by atoms with E-state index in [9.17, 15) is 0 Å². The summed E-state index contributed by atoms with van der Waals surface area (Å²) in [5.41, 5.74) is 7.13. The van der Waals surface area contributed by atoms with Crippen molar-refractivity contribution in [1.82, 2.24) is 14.8 Å². The molecule has 0 aliphatic rings. The van der Waals surface area contributed by atoms with Crippen LogP contribution in [0.5, 0.6) is 0 Å². The molecule has 2 N–H and O–H groups in total. The number of hydrogen-bond acceptors (Lipinski definition) is 4. The third-order valence-electron chi connectivity index (χ3n) is 2.10. The maximum atomic E-state index is 5.94.